The highest BCUT2D eigenvalue weighted by atomic mass is 32.2. The van der Waals surface area contributed by atoms with Crippen molar-refractivity contribution in [3.8, 4) is 22.6 Å². The number of ether oxygens (including phenoxy) is 2. The molecule has 0 aliphatic heterocycles. The lowest BCUT2D eigenvalue weighted by atomic mass is 10.1. The summed E-state index contributed by atoms with van der Waals surface area (Å²) in [5, 5.41) is 8.16. The van der Waals surface area contributed by atoms with E-state index < -0.39 is 0 Å². The predicted octanol–water partition coefficient (Wildman–Crippen LogP) is 4.27. The number of carbonyl (C=O) groups excluding carboxylic acids is 1. The van der Waals surface area contributed by atoms with Gasteiger partial charge >= 0.3 is 0 Å². The number of halogens is 1. The number of nitrogens with zero attached hydrogens (tertiary/aromatic N) is 3. The molecule has 0 spiro atoms. The van der Waals surface area contributed by atoms with Gasteiger partial charge in [-0.2, -0.15) is 5.10 Å². The van der Waals surface area contributed by atoms with Gasteiger partial charge in [0.05, 0.1) is 26.2 Å². The van der Waals surface area contributed by atoms with Crippen LogP contribution in [-0.2, 0) is 11.3 Å². The first-order valence-corrected chi connectivity index (χ1v) is 11.2. The second-order valence-corrected chi connectivity index (χ2v) is 8.28. The summed E-state index contributed by atoms with van der Waals surface area (Å²) in [5.74, 6) is 1.16. The number of carbonyl (C=O) groups is 1. The number of amides is 1. The summed E-state index contributed by atoms with van der Waals surface area (Å²) in [5.41, 5.74) is 3.91. The largest absolute Gasteiger partial charge is 0.497 e. The third-order valence-electron chi connectivity index (χ3n) is 5.04. The highest BCUT2D eigenvalue weighted by molar-refractivity contribution is 7.99. The number of hydrogen-bond acceptors (Lipinski definition) is 6. The Balaban J connectivity index is 1.47. The average molecular weight is 467 g/mol. The van der Waals surface area contributed by atoms with Gasteiger partial charge in [0.15, 0.2) is 5.65 Å². The van der Waals surface area contributed by atoms with Crippen LogP contribution in [0.2, 0.25) is 0 Å². The van der Waals surface area contributed by atoms with Crippen molar-refractivity contribution < 1.29 is 18.7 Å². The summed E-state index contributed by atoms with van der Waals surface area (Å²) < 4.78 is 25.6. The van der Waals surface area contributed by atoms with Crippen LogP contribution >= 0.6 is 11.8 Å². The molecule has 2 aromatic heterocycles. The summed E-state index contributed by atoms with van der Waals surface area (Å²) in [6, 6.07) is 13.5. The Morgan fingerprint density at radius 3 is 2.64 bits per heavy atom. The van der Waals surface area contributed by atoms with Gasteiger partial charge in [-0.1, -0.05) is 23.9 Å². The molecule has 0 saturated carbocycles. The molecular formula is C24H23FN4O3S. The van der Waals surface area contributed by atoms with Gasteiger partial charge in [0.25, 0.3) is 0 Å². The Morgan fingerprint density at radius 2 is 1.91 bits per heavy atom. The van der Waals surface area contributed by atoms with E-state index in [4.69, 9.17) is 9.47 Å². The number of fused-ring (bicyclic) bond motifs is 1. The Hall–Kier alpha value is -3.59. The molecule has 2 aromatic carbocycles. The van der Waals surface area contributed by atoms with E-state index in [1.807, 2.05) is 25.1 Å². The van der Waals surface area contributed by atoms with Crippen molar-refractivity contribution in [3.05, 3.63) is 71.8 Å². The van der Waals surface area contributed by atoms with E-state index >= 15 is 0 Å². The minimum atomic E-state index is -0.298. The number of thioether (sulfide) groups is 1. The second kappa shape index (κ2) is 9.91. The molecule has 33 heavy (non-hydrogen) atoms. The van der Waals surface area contributed by atoms with Gasteiger partial charge in [0.2, 0.25) is 5.91 Å². The zero-order valence-corrected chi connectivity index (χ0v) is 19.3. The summed E-state index contributed by atoms with van der Waals surface area (Å²) >= 11 is 1.37. The summed E-state index contributed by atoms with van der Waals surface area (Å²) in [7, 11) is 3.18. The van der Waals surface area contributed by atoms with Crippen LogP contribution in [0.15, 0.2) is 59.8 Å². The third kappa shape index (κ3) is 5.09. The van der Waals surface area contributed by atoms with Crippen LogP contribution in [0.25, 0.3) is 16.8 Å². The lowest BCUT2D eigenvalue weighted by Gasteiger charge is -2.12. The van der Waals surface area contributed by atoms with E-state index in [2.05, 4.69) is 15.4 Å². The van der Waals surface area contributed by atoms with Gasteiger partial charge in [-0.15, -0.1) is 0 Å². The Kier molecular flexibility index (Phi) is 6.79. The topological polar surface area (TPSA) is 77.8 Å². The number of hydrogen-bond donors (Lipinski definition) is 1. The molecule has 0 bridgehead atoms. The highest BCUT2D eigenvalue weighted by Gasteiger charge is 2.14. The molecule has 9 heteroatoms. The maximum Gasteiger partial charge on any atom is 0.230 e. The van der Waals surface area contributed by atoms with Crippen molar-refractivity contribution in [1.82, 2.24) is 19.9 Å². The van der Waals surface area contributed by atoms with Crippen LogP contribution < -0.4 is 14.8 Å². The van der Waals surface area contributed by atoms with Gasteiger partial charge in [-0.3, -0.25) is 4.79 Å². The zero-order chi connectivity index (χ0) is 23.4. The second-order valence-electron chi connectivity index (χ2n) is 7.28. The number of rotatable bonds is 8. The van der Waals surface area contributed by atoms with Gasteiger partial charge in [0.1, 0.15) is 22.3 Å². The maximum absolute atomic E-state index is 13.3. The predicted molar refractivity (Wildman–Crippen MR) is 125 cm³/mol. The fraction of sp³-hybridized carbons (Fsp3) is 0.208. The normalized spacial score (nSPS) is 10.9. The first-order valence-electron chi connectivity index (χ1n) is 10.2. The van der Waals surface area contributed by atoms with Crippen molar-refractivity contribution in [1.29, 1.82) is 0 Å². The van der Waals surface area contributed by atoms with E-state index in [0.29, 0.717) is 23.7 Å². The lowest BCUT2D eigenvalue weighted by Crippen LogP contribution is -2.25. The number of methoxy groups -OCH3 is 2. The van der Waals surface area contributed by atoms with Gasteiger partial charge in [-0.25, -0.2) is 13.9 Å². The lowest BCUT2D eigenvalue weighted by molar-refractivity contribution is -0.118. The standard InChI is InChI=1S/C24H23FN4O3S/c1-15-10-23(29-24(28-15)20(13-27-29)16-4-6-18(25)7-5-16)33-14-22(30)26-12-17-11-19(31-2)8-9-21(17)32-3/h4-11,13H,12,14H2,1-3H3,(H,26,30). The molecule has 0 fully saturated rings. The van der Waals surface area contributed by atoms with Crippen LogP contribution in [0.4, 0.5) is 4.39 Å². The minimum Gasteiger partial charge on any atom is -0.497 e. The van der Waals surface area contributed by atoms with Crippen molar-refractivity contribution in [2.24, 2.45) is 0 Å². The highest BCUT2D eigenvalue weighted by Crippen LogP contribution is 2.28. The smallest absolute Gasteiger partial charge is 0.230 e. The molecule has 0 aliphatic rings. The molecule has 7 nitrogen and oxygen atoms in total. The molecule has 2 heterocycles. The summed E-state index contributed by atoms with van der Waals surface area (Å²) in [6.07, 6.45) is 1.70. The number of aromatic nitrogens is 3. The number of aryl methyl sites for hydroxylation is 1. The van der Waals surface area contributed by atoms with Gasteiger partial charge in [-0.05, 0) is 48.9 Å². The third-order valence-corrected chi connectivity index (χ3v) is 6.03. The number of benzene rings is 2. The zero-order valence-electron chi connectivity index (χ0n) is 18.5. The van der Waals surface area contributed by atoms with Crippen LogP contribution in [-0.4, -0.2) is 40.5 Å². The molecule has 1 amide bonds. The first-order chi connectivity index (χ1) is 16.0. The van der Waals surface area contributed by atoms with Gasteiger partial charge in [0, 0.05) is 23.4 Å². The Bertz CT molecular complexity index is 1290. The molecule has 0 aliphatic carbocycles. The summed E-state index contributed by atoms with van der Waals surface area (Å²) in [4.78, 5) is 17.1. The van der Waals surface area contributed by atoms with Crippen LogP contribution in [0.1, 0.15) is 11.3 Å². The number of nitrogens with one attached hydrogen (secondary N) is 1. The SMILES string of the molecule is COc1ccc(OC)c(CNC(=O)CSc2cc(C)nc3c(-c4ccc(F)cc4)cnn23)c1. The summed E-state index contributed by atoms with van der Waals surface area (Å²) in [6.45, 7) is 2.21. The Labute approximate surface area is 194 Å². The van der Waals surface area contributed by atoms with Crippen molar-refractivity contribution in [2.75, 3.05) is 20.0 Å². The first kappa shape index (κ1) is 22.6. The van der Waals surface area contributed by atoms with E-state index in [9.17, 15) is 9.18 Å². The monoisotopic (exact) mass is 466 g/mol. The molecular weight excluding hydrogens is 443 g/mol. The minimum absolute atomic E-state index is 0.126. The fourth-order valence-corrected chi connectivity index (χ4v) is 4.28. The Morgan fingerprint density at radius 1 is 1.12 bits per heavy atom. The molecule has 0 saturated heterocycles. The molecule has 170 valence electrons. The van der Waals surface area contributed by atoms with E-state index in [1.165, 1.54) is 23.9 Å². The van der Waals surface area contributed by atoms with Crippen LogP contribution in [0, 0.1) is 12.7 Å². The molecule has 1 N–H and O–H groups in total. The molecule has 0 atom stereocenters. The molecule has 0 radical (unpaired) electrons. The van der Waals surface area contributed by atoms with Crippen molar-refractivity contribution >= 4 is 23.3 Å². The fourth-order valence-electron chi connectivity index (χ4n) is 3.39. The van der Waals surface area contributed by atoms with Gasteiger partial charge < -0.3 is 14.8 Å². The maximum atomic E-state index is 13.3. The van der Waals surface area contributed by atoms with E-state index in [0.717, 1.165) is 27.4 Å². The van der Waals surface area contributed by atoms with E-state index in [1.54, 1.807) is 43.1 Å². The van der Waals surface area contributed by atoms with Crippen molar-refractivity contribution in [3.63, 3.8) is 0 Å². The molecule has 4 rings (SSSR count). The van der Waals surface area contributed by atoms with E-state index in [-0.39, 0.29) is 17.5 Å². The molecule has 0 unspecified atom stereocenters. The van der Waals surface area contributed by atoms with Crippen LogP contribution in [0.5, 0.6) is 11.5 Å². The quantitative estimate of drug-likeness (QED) is 0.309. The van der Waals surface area contributed by atoms with Crippen LogP contribution in [0.3, 0.4) is 0 Å². The average Bonchev–Trinajstić information content (AvgIpc) is 3.25. The molecule has 4 aromatic rings. The van der Waals surface area contributed by atoms with Crippen molar-refractivity contribution in [2.45, 2.75) is 18.5 Å².